The van der Waals surface area contributed by atoms with Crippen molar-refractivity contribution in [3.8, 4) is 6.07 Å². The molecule has 2 rings (SSSR count). The number of alkyl halides is 3. The van der Waals surface area contributed by atoms with Gasteiger partial charge in [-0.1, -0.05) is 54.1 Å². The van der Waals surface area contributed by atoms with Crippen molar-refractivity contribution in [1.82, 2.24) is 0 Å². The van der Waals surface area contributed by atoms with Crippen LogP contribution in [0.15, 0.2) is 60.2 Å². The maximum Gasteiger partial charge on any atom is 0.414 e. The lowest BCUT2D eigenvalue weighted by Gasteiger charge is -2.17. The van der Waals surface area contributed by atoms with Crippen LogP contribution in [0.5, 0.6) is 0 Å². The lowest BCUT2D eigenvalue weighted by Crippen LogP contribution is -2.14. The van der Waals surface area contributed by atoms with Crippen LogP contribution in [-0.4, -0.2) is 6.18 Å². The van der Waals surface area contributed by atoms with Gasteiger partial charge in [0.15, 0.2) is 0 Å². The summed E-state index contributed by atoms with van der Waals surface area (Å²) in [6.45, 7) is 0. The molecule has 0 heterocycles. The highest BCUT2D eigenvalue weighted by Crippen LogP contribution is 2.38. The molecule has 0 fully saturated rings. The fourth-order valence-corrected chi connectivity index (χ4v) is 2.36. The molecular weight excluding hydrogens is 311 g/mol. The Labute approximate surface area is 131 Å². The zero-order chi connectivity index (χ0) is 16.2. The molecule has 0 saturated heterocycles. The average Bonchev–Trinajstić information content (AvgIpc) is 2.47. The molecule has 0 aliphatic carbocycles. The molecule has 0 aliphatic heterocycles. The molecule has 0 amide bonds. The van der Waals surface area contributed by atoms with Crippen LogP contribution in [0.25, 0.3) is 5.57 Å². The van der Waals surface area contributed by atoms with E-state index in [9.17, 15) is 13.2 Å². The summed E-state index contributed by atoms with van der Waals surface area (Å²) in [4.78, 5) is 0. The van der Waals surface area contributed by atoms with Crippen molar-refractivity contribution in [3.63, 3.8) is 0 Å². The fraction of sp³-hybridized carbons (Fsp3) is 0.118. The molecule has 22 heavy (non-hydrogen) atoms. The third-order valence-corrected chi connectivity index (χ3v) is 3.31. The molecule has 0 spiro atoms. The average molecular weight is 322 g/mol. The monoisotopic (exact) mass is 321 g/mol. The molecule has 2 aromatic carbocycles. The second-order valence-corrected chi connectivity index (χ2v) is 5.00. The SMILES string of the molecule is N#CC/C(=C(\c1ccccc1)c1cccc(Cl)c1)C(F)(F)F. The summed E-state index contributed by atoms with van der Waals surface area (Å²) in [7, 11) is 0. The lowest BCUT2D eigenvalue weighted by atomic mass is 9.91. The van der Waals surface area contributed by atoms with Gasteiger partial charge in [0.1, 0.15) is 0 Å². The first-order valence-electron chi connectivity index (χ1n) is 6.42. The number of hydrogen-bond donors (Lipinski definition) is 0. The summed E-state index contributed by atoms with van der Waals surface area (Å²) in [6, 6.07) is 16.0. The van der Waals surface area contributed by atoms with E-state index in [-0.39, 0.29) is 5.57 Å². The Hall–Kier alpha value is -2.25. The Morgan fingerprint density at radius 1 is 1.00 bits per heavy atom. The molecule has 0 bridgehead atoms. The van der Waals surface area contributed by atoms with Gasteiger partial charge in [-0.25, -0.2) is 0 Å². The zero-order valence-electron chi connectivity index (χ0n) is 11.4. The summed E-state index contributed by atoms with van der Waals surface area (Å²) < 4.78 is 40.2. The van der Waals surface area contributed by atoms with E-state index < -0.39 is 18.2 Å². The smallest absolute Gasteiger partial charge is 0.198 e. The predicted molar refractivity (Wildman–Crippen MR) is 80.2 cm³/mol. The maximum absolute atomic E-state index is 13.4. The first kappa shape index (κ1) is 16.1. The topological polar surface area (TPSA) is 23.8 Å². The van der Waals surface area contributed by atoms with Crippen LogP contribution in [0.4, 0.5) is 13.2 Å². The van der Waals surface area contributed by atoms with Crippen molar-refractivity contribution in [2.24, 2.45) is 0 Å². The van der Waals surface area contributed by atoms with Gasteiger partial charge in [0.2, 0.25) is 0 Å². The minimum atomic E-state index is -4.59. The number of hydrogen-bond acceptors (Lipinski definition) is 1. The molecular formula is C17H11ClF3N. The van der Waals surface area contributed by atoms with E-state index in [1.165, 1.54) is 6.07 Å². The number of allylic oxidation sites excluding steroid dienone is 1. The van der Waals surface area contributed by atoms with E-state index in [4.69, 9.17) is 16.9 Å². The molecule has 0 radical (unpaired) electrons. The van der Waals surface area contributed by atoms with E-state index in [1.807, 2.05) is 0 Å². The molecule has 1 nitrogen and oxygen atoms in total. The number of nitrogens with zero attached hydrogens (tertiary/aromatic N) is 1. The normalized spacial score (nSPS) is 12.5. The van der Waals surface area contributed by atoms with Gasteiger partial charge in [-0.2, -0.15) is 18.4 Å². The second-order valence-electron chi connectivity index (χ2n) is 4.56. The Morgan fingerprint density at radius 2 is 1.64 bits per heavy atom. The van der Waals surface area contributed by atoms with E-state index in [2.05, 4.69) is 0 Å². The molecule has 5 heteroatoms. The van der Waals surface area contributed by atoms with E-state index in [0.29, 0.717) is 16.1 Å². The number of halogens is 4. The zero-order valence-corrected chi connectivity index (χ0v) is 12.1. The van der Waals surface area contributed by atoms with Crippen molar-refractivity contribution in [3.05, 3.63) is 76.3 Å². The highest BCUT2D eigenvalue weighted by Gasteiger charge is 2.36. The van der Waals surface area contributed by atoms with Gasteiger partial charge in [-0.15, -0.1) is 0 Å². The highest BCUT2D eigenvalue weighted by atomic mass is 35.5. The molecule has 0 unspecified atom stereocenters. The standard InChI is InChI=1S/C17H11ClF3N/c18-14-8-4-7-13(11-14)16(12-5-2-1-3-6-12)15(9-10-22)17(19,20)21/h1-8,11H,9H2/b16-15-. The third-order valence-electron chi connectivity index (χ3n) is 3.08. The minimum Gasteiger partial charge on any atom is -0.198 e. The summed E-state index contributed by atoms with van der Waals surface area (Å²) in [6.07, 6.45) is -5.32. The summed E-state index contributed by atoms with van der Waals surface area (Å²) >= 11 is 5.90. The van der Waals surface area contributed by atoms with Crippen LogP contribution in [-0.2, 0) is 0 Å². The fourth-order valence-electron chi connectivity index (χ4n) is 2.17. The van der Waals surface area contributed by atoms with Gasteiger partial charge < -0.3 is 0 Å². The van der Waals surface area contributed by atoms with Gasteiger partial charge in [0.05, 0.1) is 18.1 Å². The molecule has 0 saturated carbocycles. The Balaban J connectivity index is 2.78. The highest BCUT2D eigenvalue weighted by molar-refractivity contribution is 6.30. The van der Waals surface area contributed by atoms with Crippen molar-refractivity contribution in [2.45, 2.75) is 12.6 Å². The number of benzene rings is 2. The molecule has 0 aliphatic rings. The van der Waals surface area contributed by atoms with Crippen LogP contribution >= 0.6 is 11.6 Å². The van der Waals surface area contributed by atoms with Gasteiger partial charge in [-0.3, -0.25) is 0 Å². The molecule has 0 aromatic heterocycles. The lowest BCUT2D eigenvalue weighted by molar-refractivity contribution is -0.0921. The molecule has 0 N–H and O–H groups in total. The predicted octanol–water partition coefficient (Wildman–Crippen LogP) is 5.62. The third kappa shape index (κ3) is 3.69. The van der Waals surface area contributed by atoms with Crippen LogP contribution in [0.1, 0.15) is 17.5 Å². The van der Waals surface area contributed by atoms with Gasteiger partial charge >= 0.3 is 6.18 Å². The Kier molecular flexibility index (Phi) is 4.89. The van der Waals surface area contributed by atoms with Crippen molar-refractivity contribution < 1.29 is 13.2 Å². The van der Waals surface area contributed by atoms with Gasteiger partial charge in [0, 0.05) is 5.02 Å². The van der Waals surface area contributed by atoms with Crippen LogP contribution in [0, 0.1) is 11.3 Å². The summed E-state index contributed by atoms with van der Waals surface area (Å²) in [5, 5.41) is 9.12. The van der Waals surface area contributed by atoms with Crippen LogP contribution in [0.3, 0.4) is 0 Å². The van der Waals surface area contributed by atoms with E-state index >= 15 is 0 Å². The molecule has 112 valence electrons. The molecule has 0 atom stereocenters. The van der Waals surface area contributed by atoms with Crippen LogP contribution < -0.4 is 0 Å². The molecule has 2 aromatic rings. The Bertz CT molecular complexity index is 728. The van der Waals surface area contributed by atoms with Gasteiger partial charge in [-0.05, 0) is 28.8 Å². The summed E-state index contributed by atoms with van der Waals surface area (Å²) in [5.74, 6) is 0. The first-order valence-corrected chi connectivity index (χ1v) is 6.80. The van der Waals surface area contributed by atoms with Crippen molar-refractivity contribution in [2.75, 3.05) is 0 Å². The van der Waals surface area contributed by atoms with E-state index in [0.717, 1.165) is 0 Å². The van der Waals surface area contributed by atoms with Crippen molar-refractivity contribution >= 4 is 17.2 Å². The van der Waals surface area contributed by atoms with Gasteiger partial charge in [0.25, 0.3) is 0 Å². The first-order chi connectivity index (χ1) is 10.4. The second kappa shape index (κ2) is 6.67. The number of nitriles is 1. The largest absolute Gasteiger partial charge is 0.414 e. The summed E-state index contributed by atoms with van der Waals surface area (Å²) in [5.41, 5.74) is -0.158. The minimum absolute atomic E-state index is 0.0165. The Morgan fingerprint density at radius 3 is 2.18 bits per heavy atom. The van der Waals surface area contributed by atoms with Crippen LogP contribution in [0.2, 0.25) is 5.02 Å². The quantitative estimate of drug-likeness (QED) is 0.720. The number of rotatable bonds is 3. The van der Waals surface area contributed by atoms with Crippen molar-refractivity contribution in [1.29, 1.82) is 5.26 Å². The maximum atomic E-state index is 13.4. The van der Waals surface area contributed by atoms with E-state index in [1.54, 1.807) is 54.6 Å².